The highest BCUT2D eigenvalue weighted by Gasteiger charge is 2.24. The van der Waals surface area contributed by atoms with E-state index in [2.05, 4.69) is 38.3 Å². The number of hydrogen-bond donors (Lipinski definition) is 2. The van der Waals surface area contributed by atoms with Crippen LogP contribution >= 0.6 is 0 Å². The third kappa shape index (κ3) is 11.8. The highest BCUT2D eigenvalue weighted by atomic mass is 16.5. The molecule has 0 atom stereocenters. The van der Waals surface area contributed by atoms with Gasteiger partial charge in [0.1, 0.15) is 0 Å². The summed E-state index contributed by atoms with van der Waals surface area (Å²) in [5.74, 6) is 0.404. The molecule has 0 unspecified atom stereocenters. The standard InChI is InChI=1S/C28H46N2O4/c1-19(2)16-23(17-20(3)4)25(32)21-10-12-22(13-11-21)26(33)29-18-24(31)30-28(8,9)14-15-34-27(5,6)7/h10-13,19-20,23H,14-18H2,1-9H3,(H,29,33)(H,30,31). The van der Waals surface area contributed by atoms with Crippen LogP contribution in [0.5, 0.6) is 0 Å². The van der Waals surface area contributed by atoms with Crippen LogP contribution < -0.4 is 10.6 Å². The molecule has 0 fully saturated rings. The summed E-state index contributed by atoms with van der Waals surface area (Å²) in [5.41, 5.74) is 0.376. The Morgan fingerprint density at radius 3 is 1.82 bits per heavy atom. The van der Waals surface area contributed by atoms with E-state index >= 15 is 0 Å². The first-order valence-corrected chi connectivity index (χ1v) is 12.5. The summed E-state index contributed by atoms with van der Waals surface area (Å²) >= 11 is 0. The Kier molecular flexibility index (Phi) is 11.4. The molecule has 0 aliphatic heterocycles. The van der Waals surface area contributed by atoms with Gasteiger partial charge >= 0.3 is 0 Å². The van der Waals surface area contributed by atoms with Crippen molar-refractivity contribution >= 4 is 17.6 Å². The maximum absolute atomic E-state index is 13.0. The number of benzene rings is 1. The van der Waals surface area contributed by atoms with E-state index in [0.29, 0.717) is 36.0 Å². The number of rotatable bonds is 13. The van der Waals surface area contributed by atoms with Crippen LogP contribution in [0.1, 0.15) is 102 Å². The summed E-state index contributed by atoms with van der Waals surface area (Å²) in [6.45, 7) is 18.8. The SMILES string of the molecule is CC(C)CC(CC(C)C)C(=O)c1ccc(C(=O)NCC(=O)NC(C)(C)CCOC(C)(C)C)cc1. The van der Waals surface area contributed by atoms with Gasteiger partial charge in [-0.1, -0.05) is 39.8 Å². The molecule has 0 bridgehead atoms. The minimum atomic E-state index is -0.447. The number of carbonyl (C=O) groups excluding carboxylic acids is 3. The first-order chi connectivity index (χ1) is 15.6. The average Bonchev–Trinajstić information content (AvgIpc) is 2.69. The topological polar surface area (TPSA) is 84.5 Å². The molecule has 1 aromatic rings. The summed E-state index contributed by atoms with van der Waals surface area (Å²) < 4.78 is 5.74. The van der Waals surface area contributed by atoms with Gasteiger partial charge in [0, 0.05) is 29.2 Å². The van der Waals surface area contributed by atoms with Gasteiger partial charge in [-0.3, -0.25) is 14.4 Å². The van der Waals surface area contributed by atoms with Crippen LogP contribution in [0.3, 0.4) is 0 Å². The predicted octanol–water partition coefficient (Wildman–Crippen LogP) is 5.41. The predicted molar refractivity (Wildman–Crippen MR) is 138 cm³/mol. The zero-order valence-corrected chi connectivity index (χ0v) is 22.7. The van der Waals surface area contributed by atoms with Gasteiger partial charge in [0.15, 0.2) is 5.78 Å². The lowest BCUT2D eigenvalue weighted by Crippen LogP contribution is -2.48. The Bertz CT molecular complexity index is 795. The largest absolute Gasteiger partial charge is 0.376 e. The molecule has 0 heterocycles. The molecule has 0 aliphatic carbocycles. The van der Waals surface area contributed by atoms with Crippen molar-refractivity contribution in [3.8, 4) is 0 Å². The van der Waals surface area contributed by atoms with Gasteiger partial charge in [-0.05, 0) is 77.8 Å². The second-order valence-electron chi connectivity index (χ2n) is 11.7. The zero-order valence-electron chi connectivity index (χ0n) is 22.7. The minimum Gasteiger partial charge on any atom is -0.376 e. The van der Waals surface area contributed by atoms with Gasteiger partial charge in [0.2, 0.25) is 5.91 Å². The first kappa shape index (κ1) is 29.8. The van der Waals surface area contributed by atoms with E-state index in [4.69, 9.17) is 4.74 Å². The summed E-state index contributed by atoms with van der Waals surface area (Å²) in [6.07, 6.45) is 2.37. The molecule has 0 saturated heterocycles. The van der Waals surface area contributed by atoms with Gasteiger partial charge in [-0.15, -0.1) is 0 Å². The maximum Gasteiger partial charge on any atom is 0.251 e. The first-order valence-electron chi connectivity index (χ1n) is 12.5. The molecule has 34 heavy (non-hydrogen) atoms. The van der Waals surface area contributed by atoms with Crippen molar-refractivity contribution in [2.75, 3.05) is 13.2 Å². The van der Waals surface area contributed by atoms with Crippen LogP contribution in [0.2, 0.25) is 0 Å². The molecule has 1 rings (SSSR count). The Balaban J connectivity index is 2.63. The molecule has 0 spiro atoms. The zero-order chi connectivity index (χ0) is 26.1. The Morgan fingerprint density at radius 1 is 0.853 bits per heavy atom. The fourth-order valence-corrected chi connectivity index (χ4v) is 3.83. The highest BCUT2D eigenvalue weighted by molar-refractivity contribution is 6.00. The van der Waals surface area contributed by atoms with Gasteiger partial charge in [-0.2, -0.15) is 0 Å². The third-order valence-electron chi connectivity index (χ3n) is 5.46. The third-order valence-corrected chi connectivity index (χ3v) is 5.46. The lowest BCUT2D eigenvalue weighted by atomic mass is 9.84. The van der Waals surface area contributed by atoms with Crippen molar-refractivity contribution in [1.29, 1.82) is 0 Å². The molecular formula is C28H46N2O4. The van der Waals surface area contributed by atoms with E-state index in [1.54, 1.807) is 24.3 Å². The van der Waals surface area contributed by atoms with Crippen molar-refractivity contribution in [2.45, 2.75) is 92.7 Å². The Hall–Kier alpha value is -2.21. The molecule has 6 heteroatoms. The minimum absolute atomic E-state index is 0.0134. The summed E-state index contributed by atoms with van der Waals surface area (Å²) in [5, 5.41) is 5.60. The van der Waals surface area contributed by atoms with E-state index in [9.17, 15) is 14.4 Å². The van der Waals surface area contributed by atoms with E-state index in [0.717, 1.165) is 12.8 Å². The molecule has 0 radical (unpaired) electrons. The molecule has 192 valence electrons. The quantitative estimate of drug-likeness (QED) is 0.375. The normalized spacial score (nSPS) is 12.4. The lowest BCUT2D eigenvalue weighted by Gasteiger charge is -2.28. The molecule has 2 N–H and O–H groups in total. The van der Waals surface area contributed by atoms with Gasteiger partial charge in [0.05, 0.1) is 12.1 Å². The molecule has 0 saturated carbocycles. The van der Waals surface area contributed by atoms with E-state index in [-0.39, 0.29) is 35.7 Å². The second-order valence-corrected chi connectivity index (χ2v) is 11.7. The Morgan fingerprint density at radius 2 is 1.35 bits per heavy atom. The molecule has 0 aromatic heterocycles. The van der Waals surface area contributed by atoms with Crippen LogP contribution in [0.25, 0.3) is 0 Å². The smallest absolute Gasteiger partial charge is 0.251 e. The number of Topliss-reactive ketones (excluding diaryl/α,β-unsaturated/α-hetero) is 1. The van der Waals surface area contributed by atoms with Crippen LogP contribution in [-0.4, -0.2) is 41.9 Å². The molecule has 2 amide bonds. The monoisotopic (exact) mass is 474 g/mol. The Labute approximate surface area is 206 Å². The second kappa shape index (κ2) is 13.0. The van der Waals surface area contributed by atoms with Gasteiger partial charge in [0.25, 0.3) is 5.91 Å². The number of nitrogens with one attached hydrogen (secondary N) is 2. The number of carbonyl (C=O) groups is 3. The van der Waals surface area contributed by atoms with Crippen LogP contribution in [-0.2, 0) is 9.53 Å². The summed E-state index contributed by atoms with van der Waals surface area (Å²) in [6, 6.07) is 6.72. The van der Waals surface area contributed by atoms with Crippen LogP contribution in [0.15, 0.2) is 24.3 Å². The van der Waals surface area contributed by atoms with Crippen molar-refractivity contribution in [3.63, 3.8) is 0 Å². The average molecular weight is 475 g/mol. The fraction of sp³-hybridized carbons (Fsp3) is 0.679. The number of ketones is 1. The number of amides is 2. The van der Waals surface area contributed by atoms with E-state index in [1.165, 1.54) is 0 Å². The fourth-order valence-electron chi connectivity index (χ4n) is 3.83. The lowest BCUT2D eigenvalue weighted by molar-refractivity contribution is -0.122. The molecule has 6 nitrogen and oxygen atoms in total. The molecular weight excluding hydrogens is 428 g/mol. The molecule has 0 aliphatic rings. The van der Waals surface area contributed by atoms with Gasteiger partial charge in [-0.25, -0.2) is 0 Å². The maximum atomic E-state index is 13.0. The van der Waals surface area contributed by atoms with Crippen LogP contribution in [0.4, 0.5) is 0 Å². The van der Waals surface area contributed by atoms with E-state index in [1.807, 2.05) is 34.6 Å². The highest BCUT2D eigenvalue weighted by Crippen LogP contribution is 2.24. The van der Waals surface area contributed by atoms with Gasteiger partial charge < -0.3 is 15.4 Å². The van der Waals surface area contributed by atoms with Crippen molar-refractivity contribution in [2.24, 2.45) is 17.8 Å². The van der Waals surface area contributed by atoms with Crippen LogP contribution in [0, 0.1) is 17.8 Å². The van der Waals surface area contributed by atoms with Crippen molar-refractivity contribution in [1.82, 2.24) is 10.6 Å². The summed E-state index contributed by atoms with van der Waals surface area (Å²) in [7, 11) is 0. The molecule has 1 aromatic carbocycles. The number of hydrogen-bond acceptors (Lipinski definition) is 4. The van der Waals surface area contributed by atoms with Crippen molar-refractivity contribution < 1.29 is 19.1 Å². The number of ether oxygens (including phenoxy) is 1. The van der Waals surface area contributed by atoms with Crippen molar-refractivity contribution in [3.05, 3.63) is 35.4 Å². The van der Waals surface area contributed by atoms with E-state index < -0.39 is 5.54 Å². The summed E-state index contributed by atoms with van der Waals surface area (Å²) in [4.78, 5) is 37.9.